The molecule has 1 N–H and O–H groups in total. The molecule has 0 unspecified atom stereocenters. The van der Waals surface area contributed by atoms with E-state index < -0.39 is 0 Å². The number of benzene rings is 1. The van der Waals surface area contributed by atoms with Crippen molar-refractivity contribution >= 4 is 5.82 Å². The molecule has 2 heterocycles. The molecule has 1 aromatic carbocycles. The third kappa shape index (κ3) is 3.52. The van der Waals surface area contributed by atoms with Crippen molar-refractivity contribution in [2.24, 2.45) is 0 Å². The second-order valence-corrected chi connectivity index (χ2v) is 6.66. The van der Waals surface area contributed by atoms with E-state index in [-0.39, 0.29) is 6.04 Å². The minimum atomic E-state index is 0.132. The maximum atomic E-state index is 5.38. The Hall–Kier alpha value is -2.76. The Balaban J connectivity index is 1.48. The Labute approximate surface area is 146 Å². The van der Waals surface area contributed by atoms with Crippen molar-refractivity contribution < 1.29 is 4.52 Å². The van der Waals surface area contributed by atoms with Crippen molar-refractivity contribution in [3.63, 3.8) is 0 Å². The molecule has 0 aliphatic heterocycles. The van der Waals surface area contributed by atoms with Gasteiger partial charge in [0.05, 0.1) is 0 Å². The molecule has 1 aliphatic rings. The second kappa shape index (κ2) is 6.27. The van der Waals surface area contributed by atoms with Crippen LogP contribution in [0.3, 0.4) is 0 Å². The fourth-order valence-corrected chi connectivity index (χ4v) is 2.87. The molecule has 2 aromatic heterocycles. The third-order valence-electron chi connectivity index (χ3n) is 4.37. The topological polar surface area (TPSA) is 76.7 Å². The maximum absolute atomic E-state index is 5.38. The van der Waals surface area contributed by atoms with Gasteiger partial charge in [-0.25, -0.2) is 9.97 Å². The van der Waals surface area contributed by atoms with Gasteiger partial charge in [-0.1, -0.05) is 17.3 Å². The largest absolute Gasteiger partial charge is 0.363 e. The van der Waals surface area contributed by atoms with Crippen molar-refractivity contribution in [2.45, 2.75) is 45.6 Å². The summed E-state index contributed by atoms with van der Waals surface area (Å²) < 4.78 is 5.38. The van der Waals surface area contributed by atoms with Crippen LogP contribution in [0.4, 0.5) is 5.82 Å². The highest BCUT2D eigenvalue weighted by molar-refractivity contribution is 5.54. The lowest BCUT2D eigenvalue weighted by Crippen LogP contribution is -2.09. The first kappa shape index (κ1) is 15.7. The average Bonchev–Trinajstić information content (AvgIpc) is 3.31. The zero-order valence-electron chi connectivity index (χ0n) is 14.7. The maximum Gasteiger partial charge on any atom is 0.257 e. The number of nitrogens with one attached hydrogen (secondary N) is 1. The van der Waals surface area contributed by atoms with Crippen LogP contribution in [0.2, 0.25) is 0 Å². The van der Waals surface area contributed by atoms with Crippen LogP contribution >= 0.6 is 0 Å². The summed E-state index contributed by atoms with van der Waals surface area (Å²) in [5.41, 5.74) is 3.07. The Morgan fingerprint density at radius 1 is 1.08 bits per heavy atom. The monoisotopic (exact) mass is 335 g/mol. The zero-order chi connectivity index (χ0) is 17.4. The predicted molar refractivity (Wildman–Crippen MR) is 95.3 cm³/mol. The van der Waals surface area contributed by atoms with Gasteiger partial charge in [0.1, 0.15) is 11.6 Å². The van der Waals surface area contributed by atoms with Gasteiger partial charge in [-0.2, -0.15) is 4.98 Å². The van der Waals surface area contributed by atoms with E-state index in [1.165, 1.54) is 18.4 Å². The number of hydrogen-bond donors (Lipinski definition) is 1. The summed E-state index contributed by atoms with van der Waals surface area (Å²) in [6.07, 6.45) is 2.34. The highest BCUT2D eigenvalue weighted by atomic mass is 16.5. The van der Waals surface area contributed by atoms with E-state index in [9.17, 15) is 0 Å². The smallest absolute Gasteiger partial charge is 0.257 e. The minimum absolute atomic E-state index is 0.132. The van der Waals surface area contributed by atoms with E-state index in [0.717, 1.165) is 28.7 Å². The molecule has 0 amide bonds. The third-order valence-corrected chi connectivity index (χ3v) is 4.37. The van der Waals surface area contributed by atoms with E-state index in [0.29, 0.717) is 11.8 Å². The summed E-state index contributed by atoms with van der Waals surface area (Å²) in [5.74, 6) is 3.54. The first-order valence-corrected chi connectivity index (χ1v) is 8.61. The first-order chi connectivity index (χ1) is 12.1. The minimum Gasteiger partial charge on any atom is -0.363 e. The molecular weight excluding hydrogens is 314 g/mol. The Morgan fingerprint density at radius 2 is 1.84 bits per heavy atom. The van der Waals surface area contributed by atoms with E-state index >= 15 is 0 Å². The second-order valence-electron chi connectivity index (χ2n) is 6.66. The van der Waals surface area contributed by atoms with Crippen molar-refractivity contribution in [3.8, 4) is 11.5 Å². The lowest BCUT2D eigenvalue weighted by molar-refractivity contribution is 0.422. The van der Waals surface area contributed by atoms with Crippen molar-refractivity contribution in [2.75, 3.05) is 5.32 Å². The molecule has 1 saturated carbocycles. The number of anilines is 1. The average molecular weight is 335 g/mol. The Bertz CT molecular complexity index is 863. The SMILES string of the molecule is Cc1cc(N[C@@H](C)c2ccc(-c3nc(C4CC4)no3)cc2)nc(C)n1. The zero-order valence-corrected chi connectivity index (χ0v) is 14.7. The number of aryl methyl sites for hydroxylation is 2. The van der Waals surface area contributed by atoms with Crippen LogP contribution in [0.25, 0.3) is 11.5 Å². The van der Waals surface area contributed by atoms with Crippen LogP contribution in [0.15, 0.2) is 34.9 Å². The molecule has 1 atom stereocenters. The molecule has 1 fully saturated rings. The van der Waals surface area contributed by atoms with Crippen LogP contribution < -0.4 is 5.32 Å². The molecule has 0 radical (unpaired) electrons. The quantitative estimate of drug-likeness (QED) is 0.753. The Kier molecular flexibility index (Phi) is 3.95. The van der Waals surface area contributed by atoms with Gasteiger partial charge in [0.2, 0.25) is 0 Å². The van der Waals surface area contributed by atoms with Gasteiger partial charge in [-0.05, 0) is 51.3 Å². The predicted octanol–water partition coefficient (Wildman–Crippen LogP) is 4.19. The molecule has 3 aromatic rings. The van der Waals surface area contributed by atoms with Crippen LogP contribution in [0.5, 0.6) is 0 Å². The normalized spacial score (nSPS) is 15.2. The molecule has 128 valence electrons. The fourth-order valence-electron chi connectivity index (χ4n) is 2.87. The highest BCUT2D eigenvalue weighted by Crippen LogP contribution is 2.38. The molecule has 0 bridgehead atoms. The lowest BCUT2D eigenvalue weighted by Gasteiger charge is -2.15. The van der Waals surface area contributed by atoms with E-state index in [1.807, 2.05) is 32.0 Å². The van der Waals surface area contributed by atoms with Crippen LogP contribution in [0.1, 0.15) is 54.6 Å². The van der Waals surface area contributed by atoms with Gasteiger partial charge >= 0.3 is 0 Å². The summed E-state index contributed by atoms with van der Waals surface area (Å²) in [4.78, 5) is 13.2. The lowest BCUT2D eigenvalue weighted by atomic mass is 10.1. The van der Waals surface area contributed by atoms with Crippen LogP contribution in [-0.2, 0) is 0 Å². The molecule has 25 heavy (non-hydrogen) atoms. The molecule has 0 spiro atoms. The van der Waals surface area contributed by atoms with Crippen LogP contribution in [-0.4, -0.2) is 20.1 Å². The summed E-state index contributed by atoms with van der Waals surface area (Å²) in [6, 6.07) is 10.3. The fraction of sp³-hybridized carbons (Fsp3) is 0.368. The molecule has 4 rings (SSSR count). The van der Waals surface area contributed by atoms with E-state index in [1.54, 1.807) is 0 Å². The van der Waals surface area contributed by atoms with E-state index in [4.69, 9.17) is 4.52 Å². The molecular formula is C19H21N5O. The van der Waals surface area contributed by atoms with Crippen molar-refractivity contribution in [3.05, 3.63) is 53.2 Å². The first-order valence-electron chi connectivity index (χ1n) is 8.61. The van der Waals surface area contributed by atoms with Gasteiger partial charge in [0, 0.05) is 29.3 Å². The van der Waals surface area contributed by atoms with E-state index in [2.05, 4.69) is 44.5 Å². The van der Waals surface area contributed by atoms with Crippen molar-refractivity contribution in [1.29, 1.82) is 0 Å². The van der Waals surface area contributed by atoms with Gasteiger partial charge in [-0.3, -0.25) is 0 Å². The molecule has 6 heteroatoms. The summed E-state index contributed by atoms with van der Waals surface area (Å²) in [7, 11) is 0. The summed E-state index contributed by atoms with van der Waals surface area (Å²) in [5, 5.41) is 7.50. The molecule has 1 aliphatic carbocycles. The van der Waals surface area contributed by atoms with Gasteiger partial charge in [0.15, 0.2) is 5.82 Å². The number of nitrogens with zero attached hydrogens (tertiary/aromatic N) is 4. The van der Waals surface area contributed by atoms with Gasteiger partial charge in [0.25, 0.3) is 5.89 Å². The summed E-state index contributed by atoms with van der Waals surface area (Å²) >= 11 is 0. The summed E-state index contributed by atoms with van der Waals surface area (Å²) in [6.45, 7) is 5.98. The van der Waals surface area contributed by atoms with Gasteiger partial charge in [-0.15, -0.1) is 0 Å². The standard InChI is InChI=1S/C19H21N5O/c1-11-10-17(22-13(3)20-11)21-12(2)14-4-8-16(9-5-14)19-23-18(24-25-19)15-6-7-15/h4-5,8-10,12,15H,6-7H2,1-3H3,(H,20,21,22)/t12-/m0/s1. The van der Waals surface area contributed by atoms with Crippen LogP contribution in [0, 0.1) is 13.8 Å². The molecule has 0 saturated heterocycles. The van der Waals surface area contributed by atoms with Gasteiger partial charge < -0.3 is 9.84 Å². The Morgan fingerprint density at radius 3 is 2.52 bits per heavy atom. The number of aromatic nitrogens is 4. The highest BCUT2D eigenvalue weighted by Gasteiger charge is 2.28. The molecule has 6 nitrogen and oxygen atoms in total. The number of rotatable bonds is 5. The van der Waals surface area contributed by atoms with Crippen molar-refractivity contribution in [1.82, 2.24) is 20.1 Å². The number of hydrogen-bond acceptors (Lipinski definition) is 6.